The van der Waals surface area contributed by atoms with Gasteiger partial charge in [-0.2, -0.15) is 11.8 Å². The summed E-state index contributed by atoms with van der Waals surface area (Å²) >= 11 is 1.90. The lowest BCUT2D eigenvalue weighted by Crippen LogP contribution is -2.44. The van der Waals surface area contributed by atoms with Crippen molar-refractivity contribution in [3.63, 3.8) is 0 Å². The minimum absolute atomic E-state index is 0.388. The highest BCUT2D eigenvalue weighted by atomic mass is 32.2. The summed E-state index contributed by atoms with van der Waals surface area (Å²) in [6, 6.07) is 0.615. The van der Waals surface area contributed by atoms with Gasteiger partial charge >= 0.3 is 0 Å². The Morgan fingerprint density at radius 3 is 2.47 bits per heavy atom. The summed E-state index contributed by atoms with van der Waals surface area (Å²) in [6.45, 7) is 3.09. The zero-order valence-electron chi connectivity index (χ0n) is 10.3. The van der Waals surface area contributed by atoms with Gasteiger partial charge in [-0.25, -0.2) is 0 Å². The molecule has 1 fully saturated rings. The van der Waals surface area contributed by atoms with Gasteiger partial charge < -0.3 is 5.11 Å². The standard InChI is InChI=1S/C12H25NOS/c1-4-11(9-15-3)13(2)10-12(14)7-5-6-8-12/h11,14H,4-10H2,1-3H3. The smallest absolute Gasteiger partial charge is 0.0774 e. The van der Waals surface area contributed by atoms with Gasteiger partial charge in [0.05, 0.1) is 5.60 Å². The molecule has 0 saturated heterocycles. The molecule has 0 aromatic carbocycles. The van der Waals surface area contributed by atoms with Crippen LogP contribution in [-0.2, 0) is 0 Å². The quantitative estimate of drug-likeness (QED) is 0.759. The molecule has 1 aliphatic carbocycles. The topological polar surface area (TPSA) is 23.5 Å². The Hall–Kier alpha value is 0.270. The van der Waals surface area contributed by atoms with Crippen LogP contribution in [0.3, 0.4) is 0 Å². The van der Waals surface area contributed by atoms with Crippen LogP contribution in [0.15, 0.2) is 0 Å². The zero-order valence-corrected chi connectivity index (χ0v) is 11.1. The van der Waals surface area contributed by atoms with E-state index in [0.717, 1.165) is 19.4 Å². The van der Waals surface area contributed by atoms with E-state index in [1.165, 1.54) is 25.0 Å². The van der Waals surface area contributed by atoms with Crippen molar-refractivity contribution < 1.29 is 5.11 Å². The predicted molar refractivity (Wildman–Crippen MR) is 68.5 cm³/mol. The van der Waals surface area contributed by atoms with E-state index < -0.39 is 0 Å². The number of rotatable bonds is 6. The van der Waals surface area contributed by atoms with Crippen LogP contribution in [0.1, 0.15) is 39.0 Å². The Balaban J connectivity index is 2.41. The molecule has 0 bridgehead atoms. The molecular formula is C12H25NOS. The van der Waals surface area contributed by atoms with Crippen LogP contribution < -0.4 is 0 Å². The van der Waals surface area contributed by atoms with Crippen molar-refractivity contribution in [1.29, 1.82) is 0 Å². The molecule has 1 rings (SSSR count). The first kappa shape index (κ1) is 13.3. The van der Waals surface area contributed by atoms with E-state index in [1.54, 1.807) is 0 Å². The van der Waals surface area contributed by atoms with Gasteiger partial charge in [-0.15, -0.1) is 0 Å². The summed E-state index contributed by atoms with van der Waals surface area (Å²) in [6.07, 6.45) is 7.71. The summed E-state index contributed by atoms with van der Waals surface area (Å²) in [5.41, 5.74) is -0.388. The predicted octanol–water partition coefficient (Wildman–Crippen LogP) is 2.36. The van der Waals surface area contributed by atoms with Crippen molar-refractivity contribution in [1.82, 2.24) is 4.90 Å². The summed E-state index contributed by atoms with van der Waals surface area (Å²) in [4.78, 5) is 2.35. The summed E-state index contributed by atoms with van der Waals surface area (Å²) in [7, 11) is 2.15. The number of nitrogens with zero attached hydrogens (tertiary/aromatic N) is 1. The molecule has 2 nitrogen and oxygen atoms in total. The zero-order chi connectivity index (χ0) is 11.3. The second-order valence-electron chi connectivity index (χ2n) is 4.86. The van der Waals surface area contributed by atoms with Crippen LogP contribution in [0.25, 0.3) is 0 Å². The third kappa shape index (κ3) is 3.97. The lowest BCUT2D eigenvalue weighted by Gasteiger charge is -2.33. The van der Waals surface area contributed by atoms with Gasteiger partial charge in [0.1, 0.15) is 0 Å². The average molecular weight is 231 g/mol. The van der Waals surface area contributed by atoms with Gasteiger partial charge in [-0.1, -0.05) is 19.8 Å². The van der Waals surface area contributed by atoms with E-state index in [-0.39, 0.29) is 5.60 Å². The van der Waals surface area contributed by atoms with Gasteiger partial charge in [0.2, 0.25) is 0 Å². The van der Waals surface area contributed by atoms with Crippen molar-refractivity contribution in [3.8, 4) is 0 Å². The van der Waals surface area contributed by atoms with Gasteiger partial charge in [0.15, 0.2) is 0 Å². The maximum atomic E-state index is 10.3. The van der Waals surface area contributed by atoms with E-state index in [2.05, 4.69) is 25.1 Å². The normalized spacial score (nSPS) is 22.2. The van der Waals surface area contributed by atoms with Crippen LogP contribution in [-0.4, -0.2) is 47.3 Å². The van der Waals surface area contributed by atoms with Crippen LogP contribution in [0.4, 0.5) is 0 Å². The highest BCUT2D eigenvalue weighted by Gasteiger charge is 2.33. The fraction of sp³-hybridized carbons (Fsp3) is 1.00. The van der Waals surface area contributed by atoms with Crippen LogP contribution >= 0.6 is 11.8 Å². The molecule has 90 valence electrons. The lowest BCUT2D eigenvalue weighted by atomic mass is 10.0. The fourth-order valence-corrected chi connectivity index (χ4v) is 3.41. The van der Waals surface area contributed by atoms with E-state index in [4.69, 9.17) is 0 Å². The van der Waals surface area contributed by atoms with Crippen molar-refractivity contribution >= 4 is 11.8 Å². The number of aliphatic hydroxyl groups is 1. The average Bonchev–Trinajstić information content (AvgIpc) is 2.60. The SMILES string of the molecule is CCC(CSC)N(C)CC1(O)CCCC1. The molecular weight excluding hydrogens is 206 g/mol. The third-order valence-electron chi connectivity index (χ3n) is 3.53. The van der Waals surface area contributed by atoms with E-state index >= 15 is 0 Å². The van der Waals surface area contributed by atoms with Crippen LogP contribution in [0.2, 0.25) is 0 Å². The Morgan fingerprint density at radius 2 is 2.00 bits per heavy atom. The highest BCUT2D eigenvalue weighted by Crippen LogP contribution is 2.30. The Kier molecular flexibility index (Phi) is 5.44. The van der Waals surface area contributed by atoms with Gasteiger partial charge in [-0.3, -0.25) is 4.90 Å². The molecule has 3 heteroatoms. The maximum absolute atomic E-state index is 10.3. The number of hydrogen-bond acceptors (Lipinski definition) is 3. The molecule has 0 heterocycles. The third-order valence-corrected chi connectivity index (χ3v) is 4.25. The fourth-order valence-electron chi connectivity index (χ4n) is 2.53. The maximum Gasteiger partial charge on any atom is 0.0774 e. The van der Waals surface area contributed by atoms with E-state index in [9.17, 15) is 5.11 Å². The molecule has 0 aromatic rings. The molecule has 1 atom stereocenters. The van der Waals surface area contributed by atoms with Crippen molar-refractivity contribution in [3.05, 3.63) is 0 Å². The first-order chi connectivity index (χ1) is 7.11. The highest BCUT2D eigenvalue weighted by molar-refractivity contribution is 7.98. The summed E-state index contributed by atoms with van der Waals surface area (Å²) in [5, 5.41) is 10.3. The molecule has 0 amide bonds. The molecule has 0 radical (unpaired) electrons. The number of thioether (sulfide) groups is 1. The van der Waals surface area contributed by atoms with Gasteiger partial charge in [0, 0.05) is 18.3 Å². The Labute approximate surface area is 98.4 Å². The first-order valence-corrected chi connectivity index (χ1v) is 7.42. The molecule has 0 aromatic heterocycles. The lowest BCUT2D eigenvalue weighted by molar-refractivity contribution is 0.00738. The molecule has 1 unspecified atom stereocenters. The Bertz CT molecular complexity index is 180. The van der Waals surface area contributed by atoms with E-state index in [0.29, 0.717) is 6.04 Å². The molecule has 1 aliphatic rings. The van der Waals surface area contributed by atoms with Crippen molar-refractivity contribution in [2.45, 2.75) is 50.7 Å². The second kappa shape index (κ2) is 6.12. The molecule has 1 N–H and O–H groups in total. The summed E-state index contributed by atoms with van der Waals surface area (Å²) in [5.74, 6) is 1.17. The monoisotopic (exact) mass is 231 g/mol. The molecule has 0 spiro atoms. The summed E-state index contributed by atoms with van der Waals surface area (Å²) < 4.78 is 0. The largest absolute Gasteiger partial charge is 0.389 e. The van der Waals surface area contributed by atoms with E-state index in [1.807, 2.05) is 11.8 Å². The second-order valence-corrected chi connectivity index (χ2v) is 5.77. The minimum atomic E-state index is -0.388. The first-order valence-electron chi connectivity index (χ1n) is 6.03. The minimum Gasteiger partial charge on any atom is -0.389 e. The molecule has 15 heavy (non-hydrogen) atoms. The van der Waals surface area contributed by atoms with Crippen LogP contribution in [0, 0.1) is 0 Å². The Morgan fingerprint density at radius 1 is 1.40 bits per heavy atom. The molecule has 0 aliphatic heterocycles. The van der Waals surface area contributed by atoms with Gasteiger partial charge in [0.25, 0.3) is 0 Å². The van der Waals surface area contributed by atoms with Gasteiger partial charge in [-0.05, 0) is 32.6 Å². The number of hydrogen-bond donors (Lipinski definition) is 1. The van der Waals surface area contributed by atoms with Crippen molar-refractivity contribution in [2.24, 2.45) is 0 Å². The van der Waals surface area contributed by atoms with Crippen molar-refractivity contribution in [2.75, 3.05) is 25.6 Å². The number of likely N-dealkylation sites (N-methyl/N-ethyl adjacent to an activating group) is 1. The molecule has 1 saturated carbocycles. The van der Waals surface area contributed by atoms with Crippen LogP contribution in [0.5, 0.6) is 0 Å².